The van der Waals surface area contributed by atoms with E-state index in [1.807, 2.05) is 39.0 Å². The van der Waals surface area contributed by atoms with Gasteiger partial charge in [-0.25, -0.2) is 4.79 Å². The van der Waals surface area contributed by atoms with Gasteiger partial charge in [0.2, 0.25) is 0 Å². The standard InChI is InChI=1S/C23H29NO4S/c1-6-18(28-16-9-8-14(3)15(4)12-16)21(25)24-22-20(23(26)27-5)17-10-7-13(2)11-19(17)29-22/h8-9,12-13,18H,6-7,10-11H2,1-5H3,(H,24,25)/t13-,18+/m0/s1. The molecule has 0 saturated carbocycles. The summed E-state index contributed by atoms with van der Waals surface area (Å²) < 4.78 is 11.0. The number of benzene rings is 1. The monoisotopic (exact) mass is 415 g/mol. The van der Waals surface area contributed by atoms with E-state index in [0.717, 1.165) is 30.4 Å². The molecule has 2 aromatic rings. The van der Waals surface area contributed by atoms with Gasteiger partial charge in [0.05, 0.1) is 12.7 Å². The van der Waals surface area contributed by atoms with Crippen molar-refractivity contribution in [2.75, 3.05) is 12.4 Å². The summed E-state index contributed by atoms with van der Waals surface area (Å²) in [6.45, 7) is 8.18. The van der Waals surface area contributed by atoms with Crippen molar-refractivity contribution in [1.29, 1.82) is 0 Å². The predicted molar refractivity (Wildman–Crippen MR) is 116 cm³/mol. The van der Waals surface area contributed by atoms with Gasteiger partial charge in [-0.05, 0) is 74.3 Å². The van der Waals surface area contributed by atoms with Crippen LogP contribution in [0.1, 0.15) is 58.6 Å². The Morgan fingerprint density at radius 2 is 2.03 bits per heavy atom. The van der Waals surface area contributed by atoms with Crippen molar-refractivity contribution in [2.45, 2.75) is 59.5 Å². The Morgan fingerprint density at radius 1 is 1.28 bits per heavy atom. The lowest BCUT2D eigenvalue weighted by Crippen LogP contribution is -2.32. The number of amides is 1. The zero-order valence-electron chi connectivity index (χ0n) is 17.8. The van der Waals surface area contributed by atoms with E-state index in [9.17, 15) is 9.59 Å². The van der Waals surface area contributed by atoms with Gasteiger partial charge in [0, 0.05) is 4.88 Å². The number of aryl methyl sites for hydroxylation is 2. The first-order chi connectivity index (χ1) is 13.8. The van der Waals surface area contributed by atoms with Crippen molar-refractivity contribution in [2.24, 2.45) is 5.92 Å². The third-order valence-electron chi connectivity index (χ3n) is 5.56. The van der Waals surface area contributed by atoms with Crippen LogP contribution in [-0.2, 0) is 22.4 Å². The number of carbonyl (C=O) groups is 2. The fourth-order valence-electron chi connectivity index (χ4n) is 3.62. The molecule has 2 atom stereocenters. The van der Waals surface area contributed by atoms with E-state index in [2.05, 4.69) is 12.2 Å². The maximum atomic E-state index is 13.0. The van der Waals surface area contributed by atoms with Crippen LogP contribution in [-0.4, -0.2) is 25.1 Å². The molecule has 1 heterocycles. The van der Waals surface area contributed by atoms with Crippen molar-refractivity contribution in [3.63, 3.8) is 0 Å². The highest BCUT2D eigenvalue weighted by Crippen LogP contribution is 2.40. The first-order valence-electron chi connectivity index (χ1n) is 10.1. The molecule has 29 heavy (non-hydrogen) atoms. The highest BCUT2D eigenvalue weighted by molar-refractivity contribution is 7.17. The molecule has 0 radical (unpaired) electrons. The zero-order chi connectivity index (χ0) is 21.1. The van der Waals surface area contributed by atoms with Gasteiger partial charge in [0.1, 0.15) is 10.8 Å². The number of ether oxygens (including phenoxy) is 2. The minimum atomic E-state index is -0.638. The molecule has 1 N–H and O–H groups in total. The highest BCUT2D eigenvalue weighted by Gasteiger charge is 2.30. The van der Waals surface area contributed by atoms with Crippen molar-refractivity contribution >= 4 is 28.2 Å². The smallest absolute Gasteiger partial charge is 0.341 e. The van der Waals surface area contributed by atoms with Crippen molar-refractivity contribution in [3.05, 3.63) is 45.3 Å². The molecule has 6 heteroatoms. The molecule has 0 fully saturated rings. The van der Waals surface area contributed by atoms with Crippen LogP contribution in [0.3, 0.4) is 0 Å². The summed E-state index contributed by atoms with van der Waals surface area (Å²) >= 11 is 1.49. The molecule has 1 aromatic heterocycles. The Bertz CT molecular complexity index is 918. The van der Waals surface area contributed by atoms with Gasteiger partial charge < -0.3 is 14.8 Å². The van der Waals surface area contributed by atoms with Crippen LogP contribution in [0.4, 0.5) is 5.00 Å². The highest BCUT2D eigenvalue weighted by atomic mass is 32.1. The quantitative estimate of drug-likeness (QED) is 0.669. The minimum Gasteiger partial charge on any atom is -0.481 e. The van der Waals surface area contributed by atoms with Crippen LogP contribution in [0.25, 0.3) is 0 Å². The molecule has 156 valence electrons. The van der Waals surface area contributed by atoms with E-state index in [-0.39, 0.29) is 5.91 Å². The van der Waals surface area contributed by atoms with E-state index < -0.39 is 12.1 Å². The second kappa shape index (κ2) is 8.99. The molecule has 1 amide bonds. The molecule has 1 aromatic carbocycles. The molecule has 0 unspecified atom stereocenters. The van der Waals surface area contributed by atoms with Gasteiger partial charge >= 0.3 is 5.97 Å². The maximum Gasteiger partial charge on any atom is 0.341 e. The van der Waals surface area contributed by atoms with E-state index in [1.54, 1.807) is 0 Å². The summed E-state index contributed by atoms with van der Waals surface area (Å²) in [5.41, 5.74) is 3.83. The number of thiophene rings is 1. The molecule has 0 saturated heterocycles. The lowest BCUT2D eigenvalue weighted by Gasteiger charge is -2.18. The van der Waals surface area contributed by atoms with E-state index in [0.29, 0.717) is 28.7 Å². The third-order valence-corrected chi connectivity index (χ3v) is 6.73. The third kappa shape index (κ3) is 4.64. The van der Waals surface area contributed by atoms with Crippen molar-refractivity contribution in [3.8, 4) is 5.75 Å². The lowest BCUT2D eigenvalue weighted by molar-refractivity contribution is -0.122. The molecule has 5 nitrogen and oxygen atoms in total. The van der Waals surface area contributed by atoms with E-state index in [1.165, 1.54) is 28.9 Å². The van der Waals surface area contributed by atoms with E-state index >= 15 is 0 Å². The molecule has 1 aliphatic rings. The van der Waals surface area contributed by atoms with Crippen LogP contribution in [0, 0.1) is 19.8 Å². The second-order valence-corrected chi connectivity index (χ2v) is 8.90. The molecule has 0 bridgehead atoms. The Hall–Kier alpha value is -2.34. The average molecular weight is 416 g/mol. The van der Waals surface area contributed by atoms with Gasteiger partial charge in [-0.1, -0.05) is 19.9 Å². The Labute approximate surface area is 176 Å². The lowest BCUT2D eigenvalue weighted by atomic mass is 9.88. The number of rotatable bonds is 6. The zero-order valence-corrected chi connectivity index (χ0v) is 18.6. The minimum absolute atomic E-state index is 0.248. The Kier molecular flexibility index (Phi) is 6.63. The molecule has 0 spiro atoms. The normalized spacial score (nSPS) is 16.7. The SMILES string of the molecule is CC[C@@H](Oc1ccc(C)c(C)c1)C(=O)Nc1sc2c(c1C(=O)OC)CC[C@H](C)C2. The number of nitrogens with one attached hydrogen (secondary N) is 1. The van der Waals surface area contributed by atoms with Gasteiger partial charge in [0.25, 0.3) is 5.91 Å². The topological polar surface area (TPSA) is 64.6 Å². The molecular formula is C23H29NO4S. The molecule has 3 rings (SSSR count). The summed E-state index contributed by atoms with van der Waals surface area (Å²) in [6, 6.07) is 5.80. The summed E-state index contributed by atoms with van der Waals surface area (Å²) in [5, 5.41) is 3.52. The van der Waals surface area contributed by atoms with Crippen LogP contribution < -0.4 is 10.1 Å². The fraction of sp³-hybridized carbons (Fsp3) is 0.478. The van der Waals surface area contributed by atoms with Gasteiger partial charge in [0.15, 0.2) is 6.10 Å². The average Bonchev–Trinajstić information content (AvgIpc) is 3.04. The molecular weight excluding hydrogens is 386 g/mol. The van der Waals surface area contributed by atoms with Crippen LogP contribution in [0.2, 0.25) is 0 Å². The van der Waals surface area contributed by atoms with Crippen LogP contribution in [0.15, 0.2) is 18.2 Å². The largest absolute Gasteiger partial charge is 0.481 e. The number of carbonyl (C=O) groups excluding carboxylic acids is 2. The number of esters is 1. The molecule has 1 aliphatic carbocycles. The first kappa shape index (κ1) is 21.4. The van der Waals surface area contributed by atoms with Gasteiger partial charge in [-0.2, -0.15) is 0 Å². The second-order valence-electron chi connectivity index (χ2n) is 7.80. The van der Waals surface area contributed by atoms with Crippen LogP contribution in [0.5, 0.6) is 5.75 Å². The van der Waals surface area contributed by atoms with Crippen LogP contribution >= 0.6 is 11.3 Å². The number of hydrogen-bond acceptors (Lipinski definition) is 5. The van der Waals surface area contributed by atoms with Gasteiger partial charge in [-0.15, -0.1) is 11.3 Å². The number of anilines is 1. The van der Waals surface area contributed by atoms with Crippen molar-refractivity contribution < 1.29 is 19.1 Å². The summed E-state index contributed by atoms with van der Waals surface area (Å²) in [4.78, 5) is 26.6. The predicted octanol–water partition coefficient (Wildman–Crippen LogP) is 5.07. The van der Waals surface area contributed by atoms with Crippen molar-refractivity contribution in [1.82, 2.24) is 0 Å². The first-order valence-corrected chi connectivity index (χ1v) is 10.9. The van der Waals surface area contributed by atoms with E-state index in [4.69, 9.17) is 9.47 Å². The maximum absolute atomic E-state index is 13.0. The summed E-state index contributed by atoms with van der Waals surface area (Å²) in [6.07, 6.45) is 2.68. The van der Waals surface area contributed by atoms with Gasteiger partial charge in [-0.3, -0.25) is 4.79 Å². The number of methoxy groups -OCH3 is 1. The molecule has 0 aliphatic heterocycles. The Balaban J connectivity index is 1.82. The number of fused-ring (bicyclic) bond motifs is 1. The number of hydrogen-bond donors (Lipinski definition) is 1. The summed E-state index contributed by atoms with van der Waals surface area (Å²) in [5.74, 6) is 0.604. The summed E-state index contributed by atoms with van der Waals surface area (Å²) in [7, 11) is 1.38. The fourth-order valence-corrected chi connectivity index (χ4v) is 5.02. The Morgan fingerprint density at radius 3 is 2.69 bits per heavy atom.